The lowest BCUT2D eigenvalue weighted by Gasteiger charge is -2.22. The van der Waals surface area contributed by atoms with Gasteiger partial charge in [-0.3, -0.25) is 4.98 Å². The molecule has 1 atom stereocenters. The van der Waals surface area contributed by atoms with Gasteiger partial charge in [-0.1, -0.05) is 20.8 Å². The fourth-order valence-corrected chi connectivity index (χ4v) is 2.07. The molecule has 0 bridgehead atoms. The van der Waals surface area contributed by atoms with Gasteiger partial charge >= 0.3 is 0 Å². The van der Waals surface area contributed by atoms with Gasteiger partial charge in [0.2, 0.25) is 0 Å². The van der Waals surface area contributed by atoms with Crippen LogP contribution in [0, 0.1) is 5.92 Å². The van der Waals surface area contributed by atoms with Crippen LogP contribution in [0.15, 0.2) is 22.8 Å². The van der Waals surface area contributed by atoms with Gasteiger partial charge < -0.3 is 5.32 Å². The molecule has 90 valence electrons. The lowest BCUT2D eigenvalue weighted by Crippen LogP contribution is -2.36. The van der Waals surface area contributed by atoms with Crippen LogP contribution in [0.1, 0.15) is 32.9 Å². The third kappa shape index (κ3) is 4.22. The zero-order chi connectivity index (χ0) is 12.0. The molecule has 1 heterocycles. The maximum absolute atomic E-state index is 4.42. The Morgan fingerprint density at radius 2 is 2.19 bits per heavy atom. The second-order valence-electron chi connectivity index (χ2n) is 4.44. The summed E-state index contributed by atoms with van der Waals surface area (Å²) in [5.41, 5.74) is 1.14. The van der Waals surface area contributed by atoms with E-state index in [9.17, 15) is 0 Å². The molecule has 0 aliphatic carbocycles. The standard InChI is InChI=1S/C13H21BrN2/c1-4-7-15-12(10(2)3)9-13-11(14)6-5-8-16-13/h5-6,8,10,12,15H,4,7,9H2,1-3H3. The Kier molecular flexibility index (Phi) is 5.99. The van der Waals surface area contributed by atoms with Gasteiger partial charge in [0.05, 0.1) is 5.69 Å². The molecule has 1 N–H and O–H groups in total. The number of hydrogen-bond acceptors (Lipinski definition) is 2. The van der Waals surface area contributed by atoms with Gasteiger partial charge in [0, 0.05) is 23.1 Å². The molecular formula is C13H21BrN2. The predicted octanol–water partition coefficient (Wildman–Crippen LogP) is 3.41. The van der Waals surface area contributed by atoms with E-state index < -0.39 is 0 Å². The quantitative estimate of drug-likeness (QED) is 0.866. The van der Waals surface area contributed by atoms with Crippen LogP contribution in [0.25, 0.3) is 0 Å². The van der Waals surface area contributed by atoms with E-state index in [0.29, 0.717) is 12.0 Å². The molecule has 1 rings (SSSR count). The highest BCUT2D eigenvalue weighted by Crippen LogP contribution is 2.17. The first-order chi connectivity index (χ1) is 7.65. The van der Waals surface area contributed by atoms with Crippen molar-refractivity contribution in [3.05, 3.63) is 28.5 Å². The Bertz CT molecular complexity index is 313. The lowest BCUT2D eigenvalue weighted by molar-refractivity contribution is 0.394. The highest BCUT2D eigenvalue weighted by molar-refractivity contribution is 9.10. The number of aromatic nitrogens is 1. The highest BCUT2D eigenvalue weighted by atomic mass is 79.9. The Morgan fingerprint density at radius 3 is 2.75 bits per heavy atom. The van der Waals surface area contributed by atoms with Crippen molar-refractivity contribution in [1.82, 2.24) is 10.3 Å². The average molecular weight is 285 g/mol. The first kappa shape index (κ1) is 13.7. The minimum atomic E-state index is 0.506. The van der Waals surface area contributed by atoms with E-state index in [1.54, 1.807) is 0 Å². The largest absolute Gasteiger partial charge is 0.313 e. The summed E-state index contributed by atoms with van der Waals surface area (Å²) in [5, 5.41) is 3.58. The third-order valence-electron chi connectivity index (χ3n) is 2.71. The van der Waals surface area contributed by atoms with Crippen LogP contribution in [-0.2, 0) is 6.42 Å². The van der Waals surface area contributed by atoms with Gasteiger partial charge in [-0.15, -0.1) is 0 Å². The van der Waals surface area contributed by atoms with Gasteiger partial charge in [0.1, 0.15) is 0 Å². The van der Waals surface area contributed by atoms with Crippen molar-refractivity contribution < 1.29 is 0 Å². The molecule has 1 unspecified atom stereocenters. The maximum atomic E-state index is 4.42. The summed E-state index contributed by atoms with van der Waals surface area (Å²) >= 11 is 3.55. The second kappa shape index (κ2) is 7.02. The summed E-state index contributed by atoms with van der Waals surface area (Å²) < 4.78 is 1.11. The summed E-state index contributed by atoms with van der Waals surface area (Å²) in [6, 6.07) is 4.52. The van der Waals surface area contributed by atoms with E-state index in [2.05, 4.69) is 53.1 Å². The first-order valence-electron chi connectivity index (χ1n) is 5.98. The fraction of sp³-hybridized carbons (Fsp3) is 0.615. The van der Waals surface area contributed by atoms with E-state index in [0.717, 1.165) is 23.1 Å². The van der Waals surface area contributed by atoms with Gasteiger partial charge in [-0.2, -0.15) is 0 Å². The molecule has 0 fully saturated rings. The van der Waals surface area contributed by atoms with Crippen LogP contribution in [0.4, 0.5) is 0 Å². The molecule has 3 heteroatoms. The molecule has 0 aliphatic rings. The van der Waals surface area contributed by atoms with E-state index in [1.807, 2.05) is 12.3 Å². The van der Waals surface area contributed by atoms with Crippen molar-refractivity contribution >= 4 is 15.9 Å². The molecule has 0 saturated carbocycles. The van der Waals surface area contributed by atoms with Crippen LogP contribution in [0.5, 0.6) is 0 Å². The van der Waals surface area contributed by atoms with Gasteiger partial charge in [-0.25, -0.2) is 0 Å². The van der Waals surface area contributed by atoms with Crippen LogP contribution in [-0.4, -0.2) is 17.6 Å². The average Bonchev–Trinajstić information content (AvgIpc) is 2.26. The molecule has 1 aromatic rings. The zero-order valence-electron chi connectivity index (χ0n) is 10.3. The summed E-state index contributed by atoms with van der Waals surface area (Å²) in [6.45, 7) is 7.78. The summed E-state index contributed by atoms with van der Waals surface area (Å²) in [4.78, 5) is 4.42. The monoisotopic (exact) mass is 284 g/mol. The smallest absolute Gasteiger partial charge is 0.0561 e. The Balaban J connectivity index is 2.64. The number of nitrogens with zero attached hydrogens (tertiary/aromatic N) is 1. The molecule has 0 spiro atoms. The number of rotatable bonds is 6. The molecule has 0 saturated heterocycles. The van der Waals surface area contributed by atoms with Crippen molar-refractivity contribution in [2.75, 3.05) is 6.54 Å². The molecule has 0 amide bonds. The van der Waals surface area contributed by atoms with Crippen LogP contribution in [0.3, 0.4) is 0 Å². The topological polar surface area (TPSA) is 24.9 Å². The molecule has 16 heavy (non-hydrogen) atoms. The van der Waals surface area contributed by atoms with Gasteiger partial charge in [0.25, 0.3) is 0 Å². The van der Waals surface area contributed by atoms with Crippen molar-refractivity contribution in [1.29, 1.82) is 0 Å². The molecule has 0 aromatic carbocycles. The van der Waals surface area contributed by atoms with Gasteiger partial charge in [-0.05, 0) is 46.9 Å². The Labute approximate surface area is 107 Å². The van der Waals surface area contributed by atoms with Crippen molar-refractivity contribution in [3.8, 4) is 0 Å². The molecular weight excluding hydrogens is 264 g/mol. The van der Waals surface area contributed by atoms with Crippen LogP contribution < -0.4 is 5.32 Å². The lowest BCUT2D eigenvalue weighted by atomic mass is 9.99. The highest BCUT2D eigenvalue weighted by Gasteiger charge is 2.14. The predicted molar refractivity (Wildman–Crippen MR) is 72.6 cm³/mol. The summed E-state index contributed by atoms with van der Waals surface area (Å²) in [5.74, 6) is 0.625. The van der Waals surface area contributed by atoms with E-state index in [4.69, 9.17) is 0 Å². The van der Waals surface area contributed by atoms with E-state index in [1.165, 1.54) is 6.42 Å². The number of hydrogen-bond donors (Lipinski definition) is 1. The molecule has 0 aliphatic heterocycles. The maximum Gasteiger partial charge on any atom is 0.0561 e. The third-order valence-corrected chi connectivity index (χ3v) is 3.43. The number of halogens is 1. The Hall–Kier alpha value is -0.410. The summed E-state index contributed by atoms with van der Waals surface area (Å²) in [7, 11) is 0. The second-order valence-corrected chi connectivity index (χ2v) is 5.30. The minimum absolute atomic E-state index is 0.506. The van der Waals surface area contributed by atoms with Crippen LogP contribution >= 0.6 is 15.9 Å². The number of nitrogens with one attached hydrogen (secondary N) is 1. The molecule has 0 radical (unpaired) electrons. The van der Waals surface area contributed by atoms with Crippen molar-refractivity contribution in [2.24, 2.45) is 5.92 Å². The SMILES string of the molecule is CCCNC(Cc1ncccc1Br)C(C)C. The van der Waals surface area contributed by atoms with E-state index in [-0.39, 0.29) is 0 Å². The first-order valence-corrected chi connectivity index (χ1v) is 6.77. The zero-order valence-corrected chi connectivity index (χ0v) is 11.9. The van der Waals surface area contributed by atoms with Crippen molar-refractivity contribution in [2.45, 2.75) is 39.7 Å². The number of pyridine rings is 1. The Morgan fingerprint density at radius 1 is 1.44 bits per heavy atom. The van der Waals surface area contributed by atoms with Crippen molar-refractivity contribution in [3.63, 3.8) is 0 Å². The normalized spacial score (nSPS) is 13.1. The van der Waals surface area contributed by atoms with E-state index >= 15 is 0 Å². The molecule has 2 nitrogen and oxygen atoms in total. The minimum Gasteiger partial charge on any atom is -0.313 e. The molecule has 1 aromatic heterocycles. The van der Waals surface area contributed by atoms with Gasteiger partial charge in [0.15, 0.2) is 0 Å². The fourth-order valence-electron chi connectivity index (χ4n) is 1.65. The van der Waals surface area contributed by atoms with Crippen LogP contribution in [0.2, 0.25) is 0 Å². The summed E-state index contributed by atoms with van der Waals surface area (Å²) in [6.07, 6.45) is 4.02.